The highest BCUT2D eigenvalue weighted by Gasteiger charge is 2.16. The van der Waals surface area contributed by atoms with Crippen molar-refractivity contribution in [2.45, 2.75) is 25.5 Å². The largest absolute Gasteiger partial charge is 0.390 e. The molecular weight excluding hydrogens is 170 g/mol. The van der Waals surface area contributed by atoms with Crippen molar-refractivity contribution in [2.24, 2.45) is 0 Å². The van der Waals surface area contributed by atoms with Crippen LogP contribution >= 0.6 is 0 Å². The number of aliphatic hydroxyl groups excluding tert-OH is 1. The molecule has 0 saturated carbocycles. The molecule has 1 aromatic rings. The third-order valence-corrected chi connectivity index (χ3v) is 2.23. The van der Waals surface area contributed by atoms with Gasteiger partial charge in [-0.1, -0.05) is 5.21 Å². The van der Waals surface area contributed by atoms with Gasteiger partial charge in [0, 0.05) is 6.61 Å². The van der Waals surface area contributed by atoms with Gasteiger partial charge in [-0.15, -0.1) is 5.10 Å². The van der Waals surface area contributed by atoms with E-state index in [-0.39, 0.29) is 6.61 Å². The Kier molecular flexibility index (Phi) is 2.56. The summed E-state index contributed by atoms with van der Waals surface area (Å²) in [5.74, 6) is 0. The number of aromatic nitrogens is 3. The second-order valence-corrected chi connectivity index (χ2v) is 3.22. The lowest BCUT2D eigenvalue weighted by Crippen LogP contribution is -2.21. The molecule has 1 unspecified atom stereocenters. The molecule has 0 radical (unpaired) electrons. The van der Waals surface area contributed by atoms with Crippen LogP contribution in [0.15, 0.2) is 6.20 Å². The smallest absolute Gasteiger partial charge is 0.108 e. The first-order chi connectivity index (χ1) is 6.40. The Bertz CT molecular complexity index is 268. The molecule has 2 rings (SSSR count). The first-order valence-electron chi connectivity index (χ1n) is 4.49. The van der Waals surface area contributed by atoms with E-state index in [9.17, 15) is 0 Å². The second-order valence-electron chi connectivity index (χ2n) is 3.22. The number of hydrogen-bond donors (Lipinski definition) is 1. The van der Waals surface area contributed by atoms with Crippen LogP contribution in [-0.4, -0.2) is 33.3 Å². The maximum Gasteiger partial charge on any atom is 0.108 e. The summed E-state index contributed by atoms with van der Waals surface area (Å²) in [5, 5.41) is 16.6. The Balaban J connectivity index is 2.05. The molecule has 0 aromatic carbocycles. The molecule has 1 aliphatic rings. The first kappa shape index (κ1) is 8.65. The van der Waals surface area contributed by atoms with Crippen molar-refractivity contribution in [3.05, 3.63) is 11.9 Å². The molecule has 1 aliphatic heterocycles. The van der Waals surface area contributed by atoms with Crippen LogP contribution in [0.3, 0.4) is 0 Å². The molecule has 0 aliphatic carbocycles. The van der Waals surface area contributed by atoms with Gasteiger partial charge in [-0.05, 0) is 12.8 Å². The normalized spacial score (nSPS) is 23.3. The summed E-state index contributed by atoms with van der Waals surface area (Å²) in [6.45, 7) is 1.50. The van der Waals surface area contributed by atoms with Crippen molar-refractivity contribution in [3.63, 3.8) is 0 Å². The minimum Gasteiger partial charge on any atom is -0.390 e. The summed E-state index contributed by atoms with van der Waals surface area (Å²) in [6.07, 6.45) is 3.92. The third-order valence-electron chi connectivity index (χ3n) is 2.23. The van der Waals surface area contributed by atoms with E-state index < -0.39 is 0 Å². The molecule has 2 heterocycles. The minimum atomic E-state index is -0.0480. The summed E-state index contributed by atoms with van der Waals surface area (Å²) in [6, 6.07) is 0.293. The predicted molar refractivity (Wildman–Crippen MR) is 45.0 cm³/mol. The number of aliphatic hydroxyl groups is 1. The summed E-state index contributed by atoms with van der Waals surface area (Å²) in [4.78, 5) is 0. The second kappa shape index (κ2) is 3.85. The molecule has 13 heavy (non-hydrogen) atoms. The average molecular weight is 183 g/mol. The lowest BCUT2D eigenvalue weighted by atomic mass is 10.1. The highest BCUT2D eigenvalue weighted by Crippen LogP contribution is 2.17. The van der Waals surface area contributed by atoms with Crippen LogP contribution in [0.25, 0.3) is 0 Å². The van der Waals surface area contributed by atoms with Crippen molar-refractivity contribution in [2.75, 3.05) is 13.2 Å². The Morgan fingerprint density at radius 1 is 1.69 bits per heavy atom. The van der Waals surface area contributed by atoms with E-state index in [2.05, 4.69) is 10.3 Å². The highest BCUT2D eigenvalue weighted by atomic mass is 16.5. The van der Waals surface area contributed by atoms with Gasteiger partial charge >= 0.3 is 0 Å². The molecule has 0 spiro atoms. The zero-order chi connectivity index (χ0) is 9.10. The minimum absolute atomic E-state index is 0.0480. The van der Waals surface area contributed by atoms with E-state index in [1.54, 1.807) is 10.9 Å². The van der Waals surface area contributed by atoms with Crippen LogP contribution in [0.4, 0.5) is 0 Å². The SMILES string of the molecule is OCc1cn(C2CCCOC2)nn1. The van der Waals surface area contributed by atoms with E-state index in [1.807, 2.05) is 0 Å². The van der Waals surface area contributed by atoms with Gasteiger partial charge < -0.3 is 9.84 Å². The monoisotopic (exact) mass is 183 g/mol. The molecule has 1 fully saturated rings. The quantitative estimate of drug-likeness (QED) is 0.707. The van der Waals surface area contributed by atoms with Gasteiger partial charge in [-0.25, -0.2) is 4.68 Å². The van der Waals surface area contributed by atoms with Crippen molar-refractivity contribution in [3.8, 4) is 0 Å². The van der Waals surface area contributed by atoms with Crippen molar-refractivity contribution in [1.29, 1.82) is 0 Å². The molecule has 0 amide bonds. The molecular formula is C8H13N3O2. The van der Waals surface area contributed by atoms with Gasteiger partial charge in [0.2, 0.25) is 0 Å². The van der Waals surface area contributed by atoms with Crippen LogP contribution < -0.4 is 0 Å². The first-order valence-corrected chi connectivity index (χ1v) is 4.49. The van der Waals surface area contributed by atoms with Crippen LogP contribution in [0.1, 0.15) is 24.6 Å². The van der Waals surface area contributed by atoms with Crippen molar-refractivity contribution < 1.29 is 9.84 Å². The Hall–Kier alpha value is -0.940. The Labute approximate surface area is 76.3 Å². The van der Waals surface area contributed by atoms with Gasteiger partial charge in [-0.3, -0.25) is 0 Å². The number of nitrogens with zero attached hydrogens (tertiary/aromatic N) is 3. The fourth-order valence-electron chi connectivity index (χ4n) is 1.50. The van der Waals surface area contributed by atoms with E-state index in [1.165, 1.54) is 0 Å². The van der Waals surface area contributed by atoms with Crippen molar-refractivity contribution >= 4 is 0 Å². The number of ether oxygens (including phenoxy) is 1. The summed E-state index contributed by atoms with van der Waals surface area (Å²) in [5.41, 5.74) is 0.616. The zero-order valence-electron chi connectivity index (χ0n) is 7.39. The fraction of sp³-hybridized carbons (Fsp3) is 0.750. The molecule has 5 heteroatoms. The fourth-order valence-corrected chi connectivity index (χ4v) is 1.50. The average Bonchev–Trinajstić information content (AvgIpc) is 2.67. The lowest BCUT2D eigenvalue weighted by molar-refractivity contribution is 0.0542. The zero-order valence-corrected chi connectivity index (χ0v) is 7.39. The number of rotatable bonds is 2. The van der Waals surface area contributed by atoms with E-state index in [0.717, 1.165) is 19.4 Å². The lowest BCUT2D eigenvalue weighted by Gasteiger charge is -2.21. The van der Waals surface area contributed by atoms with Gasteiger partial charge in [0.1, 0.15) is 5.69 Å². The topological polar surface area (TPSA) is 60.2 Å². The van der Waals surface area contributed by atoms with E-state index >= 15 is 0 Å². The van der Waals surface area contributed by atoms with Gasteiger partial charge in [0.15, 0.2) is 0 Å². The standard InChI is InChI=1S/C8H13N3O2/c12-5-7-4-11(10-9-7)8-2-1-3-13-6-8/h4,8,12H,1-3,5-6H2. The van der Waals surface area contributed by atoms with E-state index in [4.69, 9.17) is 9.84 Å². The Morgan fingerprint density at radius 3 is 3.23 bits per heavy atom. The summed E-state index contributed by atoms with van der Waals surface area (Å²) in [7, 11) is 0. The molecule has 1 saturated heterocycles. The van der Waals surface area contributed by atoms with Crippen molar-refractivity contribution in [1.82, 2.24) is 15.0 Å². The molecule has 72 valence electrons. The molecule has 0 bridgehead atoms. The summed E-state index contributed by atoms with van der Waals surface area (Å²) < 4.78 is 7.11. The number of hydrogen-bond acceptors (Lipinski definition) is 4. The van der Waals surface area contributed by atoms with Gasteiger partial charge in [0.25, 0.3) is 0 Å². The third kappa shape index (κ3) is 1.87. The highest BCUT2D eigenvalue weighted by molar-refractivity contribution is 4.91. The summed E-state index contributed by atoms with van der Waals surface area (Å²) >= 11 is 0. The van der Waals surface area contributed by atoms with Gasteiger partial charge in [-0.2, -0.15) is 0 Å². The van der Waals surface area contributed by atoms with Crippen LogP contribution in [0, 0.1) is 0 Å². The maximum atomic E-state index is 8.80. The molecule has 5 nitrogen and oxygen atoms in total. The van der Waals surface area contributed by atoms with E-state index in [0.29, 0.717) is 18.3 Å². The van der Waals surface area contributed by atoms with Gasteiger partial charge in [0.05, 0.1) is 25.5 Å². The van der Waals surface area contributed by atoms with Crippen LogP contribution in [-0.2, 0) is 11.3 Å². The molecule has 1 N–H and O–H groups in total. The maximum absolute atomic E-state index is 8.80. The Morgan fingerprint density at radius 2 is 2.62 bits per heavy atom. The predicted octanol–water partition coefficient (Wildman–Crippen LogP) is 0.122. The molecule has 1 atom stereocenters. The molecule has 1 aromatic heterocycles. The van der Waals surface area contributed by atoms with Crippen LogP contribution in [0.5, 0.6) is 0 Å². The van der Waals surface area contributed by atoms with Crippen LogP contribution in [0.2, 0.25) is 0 Å².